The van der Waals surface area contributed by atoms with Crippen LogP contribution in [0.4, 0.5) is 22.2 Å². The minimum Gasteiger partial charge on any atom is -0.497 e. The molecule has 0 unspecified atom stereocenters. The van der Waals surface area contributed by atoms with Gasteiger partial charge in [-0.05, 0) is 24.3 Å². The predicted molar refractivity (Wildman–Crippen MR) is 131 cm³/mol. The van der Waals surface area contributed by atoms with E-state index in [0.717, 1.165) is 32.4 Å². The summed E-state index contributed by atoms with van der Waals surface area (Å²) in [6.45, 7) is 2.37. The van der Waals surface area contributed by atoms with Crippen LogP contribution in [0.3, 0.4) is 0 Å². The molecule has 1 aliphatic heterocycles. The van der Waals surface area contributed by atoms with Crippen LogP contribution < -0.4 is 20.7 Å². The zero-order chi connectivity index (χ0) is 22.8. The Hall–Kier alpha value is -3.92. The molecule has 0 aliphatic carbocycles. The zero-order valence-electron chi connectivity index (χ0n) is 18.1. The normalized spacial score (nSPS) is 13.8. The SMILES string of the molecule is COc1ccc(NC(=O)N2CCN(c3nc(N)nc4sc(-c5ccccc5)nc34)CC2)cc1. The molecular weight excluding hydrogens is 438 g/mol. The molecule has 3 N–H and O–H groups in total. The Labute approximate surface area is 194 Å². The summed E-state index contributed by atoms with van der Waals surface area (Å²) < 4.78 is 5.16. The van der Waals surface area contributed by atoms with E-state index in [-0.39, 0.29) is 12.0 Å². The third-order valence-corrected chi connectivity index (χ3v) is 6.48. The molecular formula is C23H23N7O2S. The van der Waals surface area contributed by atoms with E-state index in [4.69, 9.17) is 15.5 Å². The van der Waals surface area contributed by atoms with Gasteiger partial charge in [-0.2, -0.15) is 4.98 Å². The predicted octanol–water partition coefficient (Wildman–Crippen LogP) is 3.70. The number of nitrogens with one attached hydrogen (secondary N) is 1. The lowest BCUT2D eigenvalue weighted by Crippen LogP contribution is -2.50. The number of piperazine rings is 1. The van der Waals surface area contributed by atoms with Gasteiger partial charge in [0.2, 0.25) is 5.95 Å². The maximum atomic E-state index is 12.7. The van der Waals surface area contributed by atoms with Crippen LogP contribution in [0.15, 0.2) is 54.6 Å². The zero-order valence-corrected chi connectivity index (χ0v) is 18.9. The lowest BCUT2D eigenvalue weighted by atomic mass is 10.2. The summed E-state index contributed by atoms with van der Waals surface area (Å²) in [6.07, 6.45) is 0. The van der Waals surface area contributed by atoms with Crippen LogP contribution >= 0.6 is 11.3 Å². The number of thiazole rings is 1. The van der Waals surface area contributed by atoms with Crippen LogP contribution in [-0.4, -0.2) is 59.2 Å². The van der Waals surface area contributed by atoms with Crippen LogP contribution in [0.5, 0.6) is 5.75 Å². The molecule has 1 saturated heterocycles. The monoisotopic (exact) mass is 461 g/mol. The minimum absolute atomic E-state index is 0.132. The molecule has 0 radical (unpaired) electrons. The Bertz CT molecular complexity index is 1270. The summed E-state index contributed by atoms with van der Waals surface area (Å²) in [7, 11) is 1.61. The van der Waals surface area contributed by atoms with Gasteiger partial charge in [0.05, 0.1) is 7.11 Å². The molecule has 168 valence electrons. The van der Waals surface area contributed by atoms with Crippen molar-refractivity contribution in [3.63, 3.8) is 0 Å². The molecule has 1 fully saturated rings. The van der Waals surface area contributed by atoms with Crippen molar-refractivity contribution < 1.29 is 9.53 Å². The molecule has 0 bridgehead atoms. The van der Waals surface area contributed by atoms with Crippen molar-refractivity contribution in [1.29, 1.82) is 0 Å². The van der Waals surface area contributed by atoms with Crippen molar-refractivity contribution in [3.8, 4) is 16.3 Å². The number of nitrogens with zero attached hydrogens (tertiary/aromatic N) is 5. The Morgan fingerprint density at radius 3 is 2.42 bits per heavy atom. The number of methoxy groups -OCH3 is 1. The summed E-state index contributed by atoms with van der Waals surface area (Å²) in [5, 5.41) is 3.81. The summed E-state index contributed by atoms with van der Waals surface area (Å²) in [6, 6.07) is 17.1. The van der Waals surface area contributed by atoms with E-state index in [1.54, 1.807) is 12.0 Å². The van der Waals surface area contributed by atoms with Crippen molar-refractivity contribution in [2.24, 2.45) is 0 Å². The quantitative estimate of drug-likeness (QED) is 0.477. The summed E-state index contributed by atoms with van der Waals surface area (Å²) in [5.74, 6) is 1.68. The van der Waals surface area contributed by atoms with Crippen molar-refractivity contribution in [2.45, 2.75) is 0 Å². The largest absolute Gasteiger partial charge is 0.497 e. The van der Waals surface area contributed by atoms with E-state index in [2.05, 4.69) is 20.2 Å². The number of rotatable bonds is 4. The second kappa shape index (κ2) is 8.91. The second-order valence-electron chi connectivity index (χ2n) is 7.58. The maximum absolute atomic E-state index is 12.7. The number of ether oxygens (including phenoxy) is 1. The lowest BCUT2D eigenvalue weighted by molar-refractivity contribution is 0.208. The molecule has 2 amide bonds. The van der Waals surface area contributed by atoms with Crippen LogP contribution in [0, 0.1) is 0 Å². The van der Waals surface area contributed by atoms with Gasteiger partial charge in [-0.25, -0.2) is 14.8 Å². The first-order chi connectivity index (χ1) is 16.1. The van der Waals surface area contributed by atoms with Crippen molar-refractivity contribution >= 4 is 45.2 Å². The molecule has 2 aromatic heterocycles. The second-order valence-corrected chi connectivity index (χ2v) is 8.55. The van der Waals surface area contributed by atoms with Crippen LogP contribution in [0.1, 0.15) is 0 Å². The molecule has 4 aromatic rings. The average molecular weight is 462 g/mol. The Morgan fingerprint density at radius 2 is 1.73 bits per heavy atom. The molecule has 2 aromatic carbocycles. The highest BCUT2D eigenvalue weighted by atomic mass is 32.1. The molecule has 3 heterocycles. The fraction of sp³-hybridized carbons (Fsp3) is 0.217. The number of hydrogen-bond donors (Lipinski definition) is 2. The van der Waals surface area contributed by atoms with E-state index in [9.17, 15) is 4.79 Å². The van der Waals surface area contributed by atoms with E-state index in [1.165, 1.54) is 11.3 Å². The minimum atomic E-state index is -0.132. The van der Waals surface area contributed by atoms with E-state index in [1.807, 2.05) is 54.6 Å². The van der Waals surface area contributed by atoms with Gasteiger partial charge in [-0.15, -0.1) is 0 Å². The van der Waals surface area contributed by atoms with Crippen LogP contribution in [-0.2, 0) is 0 Å². The van der Waals surface area contributed by atoms with Gasteiger partial charge >= 0.3 is 6.03 Å². The number of benzene rings is 2. The first-order valence-corrected chi connectivity index (χ1v) is 11.4. The van der Waals surface area contributed by atoms with Gasteiger partial charge in [-0.3, -0.25) is 0 Å². The number of carbonyl (C=O) groups is 1. The lowest BCUT2D eigenvalue weighted by Gasteiger charge is -2.35. The summed E-state index contributed by atoms with van der Waals surface area (Å²) in [5.41, 5.74) is 8.51. The first kappa shape index (κ1) is 21.0. The van der Waals surface area contributed by atoms with Gasteiger partial charge < -0.3 is 25.6 Å². The number of carbonyl (C=O) groups excluding carboxylic acids is 1. The Balaban J connectivity index is 1.30. The fourth-order valence-electron chi connectivity index (χ4n) is 3.75. The highest BCUT2D eigenvalue weighted by Gasteiger charge is 2.25. The molecule has 0 saturated carbocycles. The standard InChI is InChI=1S/C23H23N7O2S/c1-32-17-9-7-16(8-10-17)25-23(31)30-13-11-29(12-14-30)19-18-21(28-22(24)27-19)33-20(26-18)15-5-3-2-4-6-15/h2-10H,11-14H2,1H3,(H,25,31)(H2,24,27,28). The molecule has 5 rings (SSSR count). The van der Waals surface area contributed by atoms with Crippen molar-refractivity contribution in [1.82, 2.24) is 19.9 Å². The van der Waals surface area contributed by atoms with E-state index >= 15 is 0 Å². The van der Waals surface area contributed by atoms with Crippen LogP contribution in [0.25, 0.3) is 20.9 Å². The number of urea groups is 1. The van der Waals surface area contributed by atoms with Gasteiger partial charge in [-0.1, -0.05) is 41.7 Å². The van der Waals surface area contributed by atoms with E-state index < -0.39 is 0 Å². The smallest absolute Gasteiger partial charge is 0.321 e. The van der Waals surface area contributed by atoms with Gasteiger partial charge in [0.15, 0.2) is 10.6 Å². The number of anilines is 3. The third-order valence-electron chi connectivity index (χ3n) is 5.49. The Morgan fingerprint density at radius 1 is 1.00 bits per heavy atom. The van der Waals surface area contributed by atoms with Gasteiger partial charge in [0.25, 0.3) is 0 Å². The third kappa shape index (κ3) is 4.37. The number of fused-ring (bicyclic) bond motifs is 1. The molecule has 0 atom stereocenters. The summed E-state index contributed by atoms with van der Waals surface area (Å²) >= 11 is 1.50. The van der Waals surface area contributed by atoms with Gasteiger partial charge in [0, 0.05) is 37.4 Å². The van der Waals surface area contributed by atoms with Crippen LogP contribution in [0.2, 0.25) is 0 Å². The molecule has 9 nitrogen and oxygen atoms in total. The average Bonchev–Trinajstić information content (AvgIpc) is 3.28. The number of nitrogens with two attached hydrogens (primary N) is 1. The molecule has 10 heteroatoms. The maximum Gasteiger partial charge on any atom is 0.321 e. The van der Waals surface area contributed by atoms with E-state index in [0.29, 0.717) is 32.0 Å². The molecule has 0 spiro atoms. The fourth-order valence-corrected chi connectivity index (χ4v) is 4.69. The highest BCUT2D eigenvalue weighted by Crippen LogP contribution is 2.34. The first-order valence-electron chi connectivity index (χ1n) is 10.5. The van der Waals surface area contributed by atoms with Crippen molar-refractivity contribution in [3.05, 3.63) is 54.6 Å². The number of aromatic nitrogens is 3. The topological polar surface area (TPSA) is 110 Å². The Kier molecular flexibility index (Phi) is 5.66. The molecule has 33 heavy (non-hydrogen) atoms. The molecule has 1 aliphatic rings. The van der Waals surface area contributed by atoms with Crippen molar-refractivity contribution in [2.75, 3.05) is 49.2 Å². The number of hydrogen-bond acceptors (Lipinski definition) is 8. The summed E-state index contributed by atoms with van der Waals surface area (Å²) in [4.78, 5) is 31.1. The number of amides is 2. The van der Waals surface area contributed by atoms with Gasteiger partial charge in [0.1, 0.15) is 16.3 Å². The number of nitrogen functional groups attached to an aromatic ring is 1. The highest BCUT2D eigenvalue weighted by molar-refractivity contribution is 7.21.